The van der Waals surface area contributed by atoms with Crippen LogP contribution in [0.25, 0.3) is 0 Å². The van der Waals surface area contributed by atoms with Gasteiger partial charge in [-0.3, -0.25) is 24.1 Å². The van der Waals surface area contributed by atoms with Gasteiger partial charge in [-0.25, -0.2) is 9.79 Å². The fourth-order valence-corrected chi connectivity index (χ4v) is 5.14. The Labute approximate surface area is 279 Å². The summed E-state index contributed by atoms with van der Waals surface area (Å²) in [5.41, 5.74) is 14.7. The topological polar surface area (TPSA) is 205 Å². The molecule has 0 saturated carbocycles. The Bertz CT molecular complexity index is 1460. The van der Waals surface area contributed by atoms with Gasteiger partial charge in [0, 0.05) is 15.9 Å². The molecule has 2 aromatic carbocycles. The lowest BCUT2D eigenvalue weighted by molar-refractivity contribution is -0.161. The Hall–Kier alpha value is -3.72. The van der Waals surface area contributed by atoms with Gasteiger partial charge in [-0.15, -0.1) is 0 Å². The van der Waals surface area contributed by atoms with E-state index in [1.807, 2.05) is 0 Å². The Balaban J connectivity index is 2.57. The fraction of sp³-hybridized carbons (Fsp3) is 0.438. The molecule has 46 heavy (non-hydrogen) atoms. The van der Waals surface area contributed by atoms with Crippen LogP contribution in [0.4, 0.5) is 0 Å². The van der Waals surface area contributed by atoms with Crippen LogP contribution < -0.4 is 16.8 Å². The zero-order valence-corrected chi connectivity index (χ0v) is 28.5. The molecule has 4 amide bonds. The molecule has 12 nitrogen and oxygen atoms in total. The Kier molecular flexibility index (Phi) is 13.1. The van der Waals surface area contributed by atoms with Crippen LogP contribution in [0.3, 0.4) is 0 Å². The third-order valence-electron chi connectivity index (χ3n) is 7.29. The quantitative estimate of drug-likeness (QED) is 0.122. The van der Waals surface area contributed by atoms with Crippen LogP contribution in [-0.4, -0.2) is 84.6 Å². The summed E-state index contributed by atoms with van der Waals surface area (Å²) in [6.45, 7) is 9.51. The van der Waals surface area contributed by atoms with E-state index >= 15 is 0 Å². The van der Waals surface area contributed by atoms with E-state index in [1.54, 1.807) is 58.0 Å². The first-order chi connectivity index (χ1) is 21.1. The summed E-state index contributed by atoms with van der Waals surface area (Å²) in [6.07, 6.45) is 0.440. The molecule has 0 aliphatic carbocycles. The maximum Gasteiger partial charge on any atom is 0.328 e. The number of carbonyl (C=O) groups is 5. The summed E-state index contributed by atoms with van der Waals surface area (Å²) in [6, 6.07) is 5.72. The Morgan fingerprint density at radius 2 is 1.48 bits per heavy atom. The molecular formula is C32H43N5O7S2. The second-order valence-electron chi connectivity index (χ2n) is 12.3. The van der Waals surface area contributed by atoms with E-state index in [2.05, 4.69) is 35.6 Å². The lowest BCUT2D eigenvalue weighted by atomic mass is 9.93. The summed E-state index contributed by atoms with van der Waals surface area (Å²) < 4.78 is -2.38. The van der Waals surface area contributed by atoms with Gasteiger partial charge < -0.3 is 27.0 Å². The number of benzene rings is 2. The fourth-order valence-electron chi connectivity index (χ4n) is 4.80. The predicted octanol–water partition coefficient (Wildman–Crippen LogP) is 1.76. The number of carboxylic acid groups (broad SMARTS) is 1. The van der Waals surface area contributed by atoms with Gasteiger partial charge >= 0.3 is 5.97 Å². The number of aryl methyl sites for hydroxylation is 2. The van der Waals surface area contributed by atoms with Crippen LogP contribution >= 0.6 is 25.3 Å². The molecule has 0 spiro atoms. The van der Waals surface area contributed by atoms with Crippen molar-refractivity contribution >= 4 is 61.1 Å². The minimum Gasteiger partial charge on any atom is -0.508 e. The van der Waals surface area contributed by atoms with Crippen molar-refractivity contribution in [3.8, 4) is 5.75 Å². The van der Waals surface area contributed by atoms with Crippen molar-refractivity contribution < 1.29 is 34.2 Å². The molecule has 0 aliphatic rings. The molecule has 0 aromatic heterocycles. The first-order valence-corrected chi connectivity index (χ1v) is 15.3. The summed E-state index contributed by atoms with van der Waals surface area (Å²) in [5.74, 6) is -5.35. The molecule has 4 atom stereocenters. The lowest BCUT2D eigenvalue weighted by Crippen LogP contribution is -2.64. The SMILES string of the molecule is Cc1cc(O)cc(C)c1C[C@H](N)C(=O)N(C(=O)[C@H](Cc1ccccc1)NC(=O)C=NC(=O)[C@H](N)C(C)(C)S)[C@@H](C(=O)O)C(C)(C)S. The average molecular weight is 674 g/mol. The molecule has 0 fully saturated rings. The average Bonchev–Trinajstić information content (AvgIpc) is 2.93. The number of carbonyl (C=O) groups excluding carboxylic acids is 4. The molecule has 0 bridgehead atoms. The maximum absolute atomic E-state index is 14.3. The van der Waals surface area contributed by atoms with E-state index in [4.69, 9.17) is 11.5 Å². The van der Waals surface area contributed by atoms with E-state index in [0.717, 1.165) is 0 Å². The van der Waals surface area contributed by atoms with Crippen LogP contribution in [0.15, 0.2) is 47.5 Å². The number of nitrogens with one attached hydrogen (secondary N) is 1. The molecule has 250 valence electrons. The van der Waals surface area contributed by atoms with Gasteiger partial charge in [0.1, 0.15) is 17.8 Å². The van der Waals surface area contributed by atoms with Crippen LogP contribution in [0.2, 0.25) is 0 Å². The molecule has 0 unspecified atom stereocenters. The van der Waals surface area contributed by atoms with E-state index in [1.165, 1.54) is 26.0 Å². The first kappa shape index (κ1) is 38.5. The number of nitrogens with two attached hydrogens (primary N) is 2. The standard InChI is InChI=1S/C32H43N5O7S2/c1-17-12-20(38)13-18(2)21(17)15-22(33)28(41)37(26(30(43)44)32(5,6)46)29(42)23(14-19-10-8-7-9-11-19)36-24(39)16-35-27(40)25(34)31(3,4)45/h7-13,16,22-23,25-26,38,45-46H,14-15,33-34H2,1-6H3,(H,36,39)(H,43,44)/t22-,23-,25-,26-/m0/s1. The van der Waals surface area contributed by atoms with Gasteiger partial charge in [-0.05, 0) is 82.3 Å². The molecule has 2 rings (SSSR count). The van der Waals surface area contributed by atoms with E-state index in [9.17, 15) is 34.2 Å². The van der Waals surface area contributed by atoms with Crippen molar-refractivity contribution in [3.63, 3.8) is 0 Å². The third kappa shape index (κ3) is 10.4. The lowest BCUT2D eigenvalue weighted by Gasteiger charge is -2.38. The smallest absolute Gasteiger partial charge is 0.328 e. The van der Waals surface area contributed by atoms with Crippen molar-refractivity contribution in [2.45, 2.75) is 88.0 Å². The first-order valence-electron chi connectivity index (χ1n) is 14.4. The number of amides is 4. The largest absolute Gasteiger partial charge is 0.508 e. The van der Waals surface area contributed by atoms with Gasteiger partial charge in [-0.1, -0.05) is 30.3 Å². The number of aliphatic carboxylic acids is 1. The van der Waals surface area contributed by atoms with Gasteiger partial charge in [0.15, 0.2) is 6.04 Å². The molecule has 2 aromatic rings. The predicted molar refractivity (Wildman–Crippen MR) is 182 cm³/mol. The van der Waals surface area contributed by atoms with Crippen LogP contribution in [0.1, 0.15) is 49.9 Å². The van der Waals surface area contributed by atoms with Crippen molar-refractivity contribution in [2.24, 2.45) is 16.5 Å². The number of nitrogens with zero attached hydrogens (tertiary/aromatic N) is 2. The number of phenolic OH excluding ortho intramolecular Hbond substituents is 1. The van der Waals surface area contributed by atoms with Gasteiger partial charge in [0.25, 0.3) is 17.7 Å². The zero-order chi connectivity index (χ0) is 35.1. The summed E-state index contributed by atoms with van der Waals surface area (Å²) >= 11 is 8.66. The van der Waals surface area contributed by atoms with Crippen molar-refractivity contribution in [1.29, 1.82) is 0 Å². The van der Waals surface area contributed by atoms with Gasteiger partial charge in [0.2, 0.25) is 5.91 Å². The van der Waals surface area contributed by atoms with Crippen molar-refractivity contribution in [3.05, 3.63) is 64.7 Å². The van der Waals surface area contributed by atoms with E-state index in [0.29, 0.717) is 33.4 Å². The zero-order valence-electron chi connectivity index (χ0n) is 26.7. The molecule has 0 aliphatic heterocycles. The van der Waals surface area contributed by atoms with Crippen LogP contribution in [0.5, 0.6) is 5.75 Å². The Morgan fingerprint density at radius 1 is 0.935 bits per heavy atom. The number of hydrogen-bond donors (Lipinski definition) is 7. The number of rotatable bonds is 13. The van der Waals surface area contributed by atoms with E-state index in [-0.39, 0.29) is 18.6 Å². The number of aromatic hydroxyl groups is 1. The highest BCUT2D eigenvalue weighted by atomic mass is 32.1. The second-order valence-corrected chi connectivity index (χ2v) is 14.6. The molecule has 0 saturated heterocycles. The van der Waals surface area contributed by atoms with Gasteiger partial charge in [-0.2, -0.15) is 25.3 Å². The molecule has 0 heterocycles. The minimum atomic E-state index is -1.80. The number of phenols is 1. The summed E-state index contributed by atoms with van der Waals surface area (Å²) in [7, 11) is 0. The van der Waals surface area contributed by atoms with Crippen LogP contribution in [0, 0.1) is 13.8 Å². The minimum absolute atomic E-state index is 0.0271. The van der Waals surface area contributed by atoms with Crippen molar-refractivity contribution in [1.82, 2.24) is 10.2 Å². The molecule has 14 heteroatoms. The number of imide groups is 1. The number of carboxylic acids is 1. The monoisotopic (exact) mass is 673 g/mol. The highest BCUT2D eigenvalue weighted by Crippen LogP contribution is 2.27. The second kappa shape index (κ2) is 15.7. The molecule has 7 N–H and O–H groups in total. The van der Waals surface area contributed by atoms with E-state index < -0.39 is 63.3 Å². The summed E-state index contributed by atoms with van der Waals surface area (Å²) in [5, 5.41) is 22.7. The van der Waals surface area contributed by atoms with Crippen molar-refractivity contribution in [2.75, 3.05) is 0 Å². The number of aliphatic imine (C=N–C) groups is 1. The molecular weight excluding hydrogens is 631 g/mol. The molecule has 0 radical (unpaired) electrons. The number of hydrogen-bond acceptors (Lipinski definition) is 10. The Morgan fingerprint density at radius 3 is 1.96 bits per heavy atom. The summed E-state index contributed by atoms with van der Waals surface area (Å²) in [4.78, 5) is 70.5. The normalized spacial score (nSPS) is 14.7. The van der Waals surface area contributed by atoms with Crippen LogP contribution in [-0.2, 0) is 36.8 Å². The third-order valence-corrected chi connectivity index (χ3v) is 7.81. The number of thiol groups is 2. The highest BCUT2D eigenvalue weighted by molar-refractivity contribution is 7.82. The van der Waals surface area contributed by atoms with Gasteiger partial charge in [0.05, 0.1) is 12.3 Å². The highest BCUT2D eigenvalue weighted by Gasteiger charge is 2.46. The maximum atomic E-state index is 14.3.